The first kappa shape index (κ1) is 22.8. The van der Waals surface area contributed by atoms with Crippen LogP contribution < -0.4 is 15.4 Å². The van der Waals surface area contributed by atoms with Gasteiger partial charge in [-0.3, -0.25) is 14.5 Å². The molecule has 1 aliphatic heterocycles. The summed E-state index contributed by atoms with van der Waals surface area (Å²) in [4.78, 5) is 26.1. The predicted molar refractivity (Wildman–Crippen MR) is 103 cm³/mol. The van der Waals surface area contributed by atoms with Gasteiger partial charge in [0.05, 0.1) is 6.54 Å². The molecule has 1 aromatic rings. The molecule has 3 aliphatic rings. The maximum Gasteiger partial charge on any atom is 0.411 e. The van der Waals surface area contributed by atoms with Crippen molar-refractivity contribution in [1.29, 1.82) is 0 Å². The molecule has 0 unspecified atom stereocenters. The fraction of sp³-hybridized carbons (Fsp3) is 0.619. The number of rotatable bonds is 8. The molecule has 1 heterocycles. The summed E-state index contributed by atoms with van der Waals surface area (Å²) in [6, 6.07) is 5.57. The summed E-state index contributed by atoms with van der Waals surface area (Å²) in [5.74, 6) is -0.806. The standard InChI is InChI=1S/C21H24F5N3O3/c22-18(23)32-15-3-1-2-14(6-15)17(31)27-9-13-7-19(8-13)11-29(12-19)10-16(30)28-20(4-5-20)21(24,25)26/h1-3,6,13,18H,4-5,7-12H2,(H,27,31)(H,28,30). The van der Waals surface area contributed by atoms with E-state index < -0.39 is 24.2 Å². The van der Waals surface area contributed by atoms with E-state index in [4.69, 9.17) is 0 Å². The number of carbonyl (C=O) groups is 2. The lowest BCUT2D eigenvalue weighted by molar-refractivity contribution is -0.172. The van der Waals surface area contributed by atoms with Gasteiger partial charge in [0.25, 0.3) is 5.91 Å². The van der Waals surface area contributed by atoms with Gasteiger partial charge in [-0.2, -0.15) is 22.0 Å². The zero-order valence-corrected chi connectivity index (χ0v) is 17.2. The molecule has 0 aromatic heterocycles. The maximum absolute atomic E-state index is 12.9. The normalized spacial score (nSPS) is 21.6. The number of benzene rings is 1. The minimum absolute atomic E-state index is 0.0436. The van der Waals surface area contributed by atoms with Crippen molar-refractivity contribution >= 4 is 11.8 Å². The van der Waals surface area contributed by atoms with Crippen molar-refractivity contribution in [2.45, 2.75) is 44.0 Å². The molecule has 1 aromatic carbocycles. The van der Waals surface area contributed by atoms with Crippen molar-refractivity contribution in [2.24, 2.45) is 11.3 Å². The van der Waals surface area contributed by atoms with Crippen LogP contribution in [0.3, 0.4) is 0 Å². The summed E-state index contributed by atoms with van der Waals surface area (Å²) in [5, 5.41) is 4.93. The van der Waals surface area contributed by atoms with Crippen LogP contribution in [0.25, 0.3) is 0 Å². The third-order valence-corrected chi connectivity index (χ3v) is 6.47. The van der Waals surface area contributed by atoms with Gasteiger partial charge in [0.15, 0.2) is 0 Å². The number of alkyl halides is 5. The van der Waals surface area contributed by atoms with Crippen molar-refractivity contribution in [2.75, 3.05) is 26.2 Å². The van der Waals surface area contributed by atoms with Gasteiger partial charge in [-0.1, -0.05) is 6.07 Å². The number of halogens is 5. The van der Waals surface area contributed by atoms with Gasteiger partial charge >= 0.3 is 12.8 Å². The first-order chi connectivity index (χ1) is 15.0. The second-order valence-corrected chi connectivity index (χ2v) is 9.16. The van der Waals surface area contributed by atoms with E-state index in [2.05, 4.69) is 15.4 Å². The molecule has 3 fully saturated rings. The largest absolute Gasteiger partial charge is 0.435 e. The van der Waals surface area contributed by atoms with Crippen LogP contribution in [0, 0.1) is 11.3 Å². The molecule has 2 N–H and O–H groups in total. The third kappa shape index (κ3) is 4.82. The van der Waals surface area contributed by atoms with Crippen molar-refractivity contribution in [3.8, 4) is 5.75 Å². The molecule has 4 rings (SSSR count). The average molecular weight is 461 g/mol. The van der Waals surface area contributed by atoms with E-state index in [1.165, 1.54) is 24.3 Å². The van der Waals surface area contributed by atoms with Crippen molar-refractivity contribution in [1.82, 2.24) is 15.5 Å². The minimum Gasteiger partial charge on any atom is -0.435 e. The van der Waals surface area contributed by atoms with Crippen LogP contribution in [0.2, 0.25) is 0 Å². The monoisotopic (exact) mass is 461 g/mol. The van der Waals surface area contributed by atoms with Gasteiger partial charge in [0.2, 0.25) is 5.91 Å². The number of nitrogens with one attached hydrogen (secondary N) is 2. The predicted octanol–water partition coefficient (Wildman–Crippen LogP) is 2.94. The number of nitrogens with zero attached hydrogens (tertiary/aromatic N) is 1. The molecule has 2 aliphatic carbocycles. The van der Waals surface area contributed by atoms with Crippen LogP contribution in [-0.4, -0.2) is 61.2 Å². The van der Waals surface area contributed by atoms with Crippen LogP contribution in [0.5, 0.6) is 5.75 Å². The Balaban J connectivity index is 1.15. The number of hydrogen-bond donors (Lipinski definition) is 2. The lowest BCUT2D eigenvalue weighted by atomic mass is 9.57. The average Bonchev–Trinajstić information content (AvgIpc) is 3.41. The van der Waals surface area contributed by atoms with E-state index in [0.29, 0.717) is 19.6 Å². The summed E-state index contributed by atoms with van der Waals surface area (Å²) in [5.41, 5.74) is -1.75. The highest BCUT2D eigenvalue weighted by Gasteiger charge is 2.64. The zero-order chi connectivity index (χ0) is 23.1. The van der Waals surface area contributed by atoms with Gasteiger partial charge in [-0.15, -0.1) is 0 Å². The number of carbonyl (C=O) groups excluding carboxylic acids is 2. The molecule has 32 heavy (non-hydrogen) atoms. The van der Waals surface area contributed by atoms with E-state index in [0.717, 1.165) is 12.8 Å². The van der Waals surface area contributed by atoms with E-state index in [1.54, 1.807) is 0 Å². The van der Waals surface area contributed by atoms with Crippen molar-refractivity contribution in [3.05, 3.63) is 29.8 Å². The molecular formula is C21H24F5N3O3. The lowest BCUT2D eigenvalue weighted by Gasteiger charge is -2.59. The molecule has 176 valence electrons. The number of ether oxygens (including phenoxy) is 1. The van der Waals surface area contributed by atoms with Crippen molar-refractivity contribution < 1.29 is 36.3 Å². The molecule has 0 bridgehead atoms. The summed E-state index contributed by atoms with van der Waals surface area (Å²) >= 11 is 0. The van der Waals surface area contributed by atoms with Gasteiger partial charge in [-0.05, 0) is 55.2 Å². The Hall–Kier alpha value is -2.43. The fourth-order valence-electron chi connectivity index (χ4n) is 4.85. The molecule has 1 saturated heterocycles. The SMILES string of the molecule is O=C(CN1CC2(CC(CNC(=O)c3cccc(OC(F)F)c3)C2)C1)NC1(C(F)(F)F)CC1. The lowest BCUT2D eigenvalue weighted by Crippen LogP contribution is -2.65. The molecule has 6 nitrogen and oxygen atoms in total. The Morgan fingerprint density at radius 1 is 1.19 bits per heavy atom. The van der Waals surface area contributed by atoms with Crippen molar-refractivity contribution in [3.63, 3.8) is 0 Å². The first-order valence-electron chi connectivity index (χ1n) is 10.4. The van der Waals surface area contributed by atoms with Gasteiger partial charge in [-0.25, -0.2) is 0 Å². The zero-order valence-electron chi connectivity index (χ0n) is 17.2. The number of likely N-dealkylation sites (tertiary alicyclic amines) is 1. The van der Waals surface area contributed by atoms with E-state index in [9.17, 15) is 31.5 Å². The second kappa shape index (κ2) is 8.17. The summed E-state index contributed by atoms with van der Waals surface area (Å²) in [7, 11) is 0. The highest BCUT2D eigenvalue weighted by Crippen LogP contribution is 2.52. The topological polar surface area (TPSA) is 70.7 Å². The molecule has 2 saturated carbocycles. The third-order valence-electron chi connectivity index (χ3n) is 6.47. The van der Waals surface area contributed by atoms with Gasteiger partial charge < -0.3 is 15.4 Å². The van der Waals surface area contributed by atoms with Crippen LogP contribution >= 0.6 is 0 Å². The Labute approximate surface area is 181 Å². The molecule has 0 radical (unpaired) electrons. The summed E-state index contributed by atoms with van der Waals surface area (Å²) in [6.07, 6.45) is -2.84. The summed E-state index contributed by atoms with van der Waals surface area (Å²) < 4.78 is 67.7. The molecule has 11 heteroatoms. The number of hydrogen-bond acceptors (Lipinski definition) is 4. The van der Waals surface area contributed by atoms with Crippen LogP contribution in [0.4, 0.5) is 22.0 Å². The maximum atomic E-state index is 12.9. The molecule has 0 atom stereocenters. The van der Waals surface area contributed by atoms with Crippen LogP contribution in [0.15, 0.2) is 24.3 Å². The molecule has 2 amide bonds. The second-order valence-electron chi connectivity index (χ2n) is 9.16. The first-order valence-corrected chi connectivity index (χ1v) is 10.4. The Morgan fingerprint density at radius 3 is 2.47 bits per heavy atom. The molecular weight excluding hydrogens is 437 g/mol. The van der Waals surface area contributed by atoms with Crippen LogP contribution in [0.1, 0.15) is 36.0 Å². The Morgan fingerprint density at radius 2 is 1.88 bits per heavy atom. The summed E-state index contributed by atoms with van der Waals surface area (Å²) in [6.45, 7) is -1.27. The van der Waals surface area contributed by atoms with E-state index in [-0.39, 0.29) is 47.9 Å². The Kier molecular flexibility index (Phi) is 5.81. The Bertz CT molecular complexity index is 874. The highest BCUT2D eigenvalue weighted by molar-refractivity contribution is 5.94. The minimum atomic E-state index is -4.41. The molecule has 1 spiro atoms. The van der Waals surface area contributed by atoms with E-state index >= 15 is 0 Å². The smallest absolute Gasteiger partial charge is 0.411 e. The fourth-order valence-corrected chi connectivity index (χ4v) is 4.85. The van der Waals surface area contributed by atoms with Crippen LogP contribution in [-0.2, 0) is 4.79 Å². The number of amides is 2. The van der Waals surface area contributed by atoms with Gasteiger partial charge in [0, 0.05) is 25.2 Å². The van der Waals surface area contributed by atoms with E-state index in [1.807, 2.05) is 4.90 Å². The van der Waals surface area contributed by atoms with Gasteiger partial charge in [0.1, 0.15) is 11.3 Å². The quantitative estimate of drug-likeness (QED) is 0.585. The highest BCUT2D eigenvalue weighted by atomic mass is 19.4.